The van der Waals surface area contributed by atoms with E-state index in [1.807, 2.05) is 18.2 Å². The van der Waals surface area contributed by atoms with Crippen molar-refractivity contribution in [3.8, 4) is 5.75 Å². The van der Waals surface area contributed by atoms with Crippen molar-refractivity contribution in [2.24, 2.45) is 5.73 Å². The molecule has 0 saturated carbocycles. The Hall–Kier alpha value is -1.84. The highest BCUT2D eigenvalue weighted by atomic mass is 16.5. The van der Waals surface area contributed by atoms with Gasteiger partial charge in [-0.15, -0.1) is 6.58 Å². The van der Waals surface area contributed by atoms with E-state index in [1.54, 1.807) is 7.11 Å². The molecule has 0 aliphatic heterocycles. The van der Waals surface area contributed by atoms with Gasteiger partial charge in [-0.3, -0.25) is 0 Å². The second-order valence-corrected chi connectivity index (χ2v) is 4.46. The molecular formula is C16H20N2O. The Labute approximate surface area is 114 Å². The van der Waals surface area contributed by atoms with E-state index in [9.17, 15) is 0 Å². The Morgan fingerprint density at radius 2 is 2.00 bits per heavy atom. The van der Waals surface area contributed by atoms with Crippen LogP contribution in [0.15, 0.2) is 49.1 Å². The largest absolute Gasteiger partial charge is 0.497 e. The van der Waals surface area contributed by atoms with Crippen LogP contribution in [0, 0.1) is 0 Å². The van der Waals surface area contributed by atoms with Crippen LogP contribution in [0.2, 0.25) is 0 Å². The van der Waals surface area contributed by atoms with E-state index in [2.05, 4.69) is 36.2 Å². The summed E-state index contributed by atoms with van der Waals surface area (Å²) < 4.78 is 5.23. The van der Waals surface area contributed by atoms with Crippen LogP contribution < -0.4 is 15.8 Å². The minimum absolute atomic E-state index is 0.157. The fourth-order valence-corrected chi connectivity index (χ4v) is 2.15. The van der Waals surface area contributed by atoms with Crippen molar-refractivity contribution in [1.82, 2.24) is 5.32 Å². The van der Waals surface area contributed by atoms with E-state index < -0.39 is 0 Å². The summed E-state index contributed by atoms with van der Waals surface area (Å²) in [5.74, 6) is 0.875. The molecule has 1 atom stereocenters. The van der Waals surface area contributed by atoms with Crippen LogP contribution in [0.1, 0.15) is 11.6 Å². The predicted octanol–water partition coefficient (Wildman–Crippen LogP) is 2.62. The van der Waals surface area contributed by atoms with Gasteiger partial charge in [0.15, 0.2) is 0 Å². The van der Waals surface area contributed by atoms with E-state index in [-0.39, 0.29) is 6.04 Å². The molecule has 0 saturated heterocycles. The lowest BCUT2D eigenvalue weighted by atomic mass is 10.0. The summed E-state index contributed by atoms with van der Waals surface area (Å²) in [7, 11) is 1.68. The SMILES string of the molecule is C=CCNC(CN)c1ccc2cc(OC)ccc2c1. The quantitative estimate of drug-likeness (QED) is 0.781. The Kier molecular flexibility index (Phi) is 4.55. The maximum absolute atomic E-state index is 5.82. The van der Waals surface area contributed by atoms with E-state index >= 15 is 0 Å². The lowest BCUT2D eigenvalue weighted by molar-refractivity contribution is 0.415. The van der Waals surface area contributed by atoms with Crippen LogP contribution in [0.25, 0.3) is 10.8 Å². The van der Waals surface area contributed by atoms with E-state index in [1.165, 1.54) is 16.3 Å². The first-order chi connectivity index (χ1) is 9.28. The molecule has 0 spiro atoms. The van der Waals surface area contributed by atoms with Gasteiger partial charge in [-0.1, -0.05) is 24.3 Å². The van der Waals surface area contributed by atoms with E-state index in [4.69, 9.17) is 10.5 Å². The zero-order chi connectivity index (χ0) is 13.7. The highest BCUT2D eigenvalue weighted by Gasteiger charge is 2.08. The molecule has 0 radical (unpaired) electrons. The molecule has 2 aromatic carbocycles. The topological polar surface area (TPSA) is 47.3 Å². The van der Waals surface area contributed by atoms with Crippen molar-refractivity contribution in [3.05, 3.63) is 54.6 Å². The summed E-state index contributed by atoms with van der Waals surface area (Å²) >= 11 is 0. The van der Waals surface area contributed by atoms with Crippen molar-refractivity contribution >= 4 is 10.8 Å². The molecule has 0 aromatic heterocycles. The number of ether oxygens (including phenoxy) is 1. The summed E-state index contributed by atoms with van der Waals surface area (Å²) in [6, 6.07) is 12.6. The normalized spacial score (nSPS) is 12.3. The van der Waals surface area contributed by atoms with Gasteiger partial charge in [-0.2, -0.15) is 0 Å². The van der Waals surface area contributed by atoms with Crippen molar-refractivity contribution in [2.45, 2.75) is 6.04 Å². The second-order valence-electron chi connectivity index (χ2n) is 4.46. The summed E-state index contributed by atoms with van der Waals surface area (Å²) in [5, 5.41) is 5.72. The lowest BCUT2D eigenvalue weighted by Crippen LogP contribution is -2.28. The smallest absolute Gasteiger partial charge is 0.119 e. The minimum Gasteiger partial charge on any atom is -0.497 e. The Balaban J connectivity index is 2.32. The highest BCUT2D eigenvalue weighted by molar-refractivity contribution is 5.84. The van der Waals surface area contributed by atoms with Gasteiger partial charge in [0.2, 0.25) is 0 Å². The van der Waals surface area contributed by atoms with E-state index in [0.717, 1.165) is 12.3 Å². The minimum atomic E-state index is 0.157. The molecular weight excluding hydrogens is 236 g/mol. The number of methoxy groups -OCH3 is 1. The molecule has 0 aliphatic rings. The fraction of sp³-hybridized carbons (Fsp3) is 0.250. The number of hydrogen-bond acceptors (Lipinski definition) is 3. The van der Waals surface area contributed by atoms with Crippen LogP contribution in [0.3, 0.4) is 0 Å². The van der Waals surface area contributed by atoms with Gasteiger partial charge in [0, 0.05) is 19.1 Å². The molecule has 0 amide bonds. The molecule has 1 unspecified atom stereocenters. The molecule has 0 aliphatic carbocycles. The number of benzene rings is 2. The van der Waals surface area contributed by atoms with E-state index in [0.29, 0.717) is 6.54 Å². The first kappa shape index (κ1) is 13.6. The number of nitrogens with two attached hydrogens (primary N) is 1. The van der Waals surface area contributed by atoms with Crippen molar-refractivity contribution in [3.63, 3.8) is 0 Å². The van der Waals surface area contributed by atoms with Crippen LogP contribution in [-0.2, 0) is 0 Å². The van der Waals surface area contributed by atoms with Crippen molar-refractivity contribution in [1.29, 1.82) is 0 Å². The van der Waals surface area contributed by atoms with Crippen molar-refractivity contribution < 1.29 is 4.74 Å². The molecule has 3 nitrogen and oxygen atoms in total. The Bertz CT molecular complexity index is 566. The van der Waals surface area contributed by atoms with Crippen LogP contribution >= 0.6 is 0 Å². The van der Waals surface area contributed by atoms with Crippen LogP contribution in [0.4, 0.5) is 0 Å². The number of hydrogen-bond donors (Lipinski definition) is 2. The molecule has 19 heavy (non-hydrogen) atoms. The zero-order valence-electron chi connectivity index (χ0n) is 11.2. The Morgan fingerprint density at radius 1 is 1.26 bits per heavy atom. The number of nitrogens with one attached hydrogen (secondary N) is 1. The van der Waals surface area contributed by atoms with Gasteiger partial charge in [-0.05, 0) is 34.5 Å². The van der Waals surface area contributed by atoms with Gasteiger partial charge in [0.1, 0.15) is 5.75 Å². The molecule has 3 heteroatoms. The third-order valence-electron chi connectivity index (χ3n) is 3.22. The van der Waals surface area contributed by atoms with Gasteiger partial charge in [0.25, 0.3) is 0 Å². The first-order valence-electron chi connectivity index (χ1n) is 6.40. The third kappa shape index (κ3) is 3.13. The summed E-state index contributed by atoms with van der Waals surface area (Å²) in [5.41, 5.74) is 7.01. The van der Waals surface area contributed by atoms with Gasteiger partial charge in [-0.25, -0.2) is 0 Å². The number of rotatable bonds is 6. The molecule has 3 N–H and O–H groups in total. The maximum Gasteiger partial charge on any atom is 0.119 e. The second kappa shape index (κ2) is 6.36. The molecule has 2 rings (SSSR count). The lowest BCUT2D eigenvalue weighted by Gasteiger charge is -2.17. The Morgan fingerprint density at radius 3 is 2.68 bits per heavy atom. The molecule has 0 heterocycles. The average molecular weight is 256 g/mol. The molecule has 100 valence electrons. The van der Waals surface area contributed by atoms with Gasteiger partial charge in [0.05, 0.1) is 7.11 Å². The predicted molar refractivity (Wildman–Crippen MR) is 80.5 cm³/mol. The van der Waals surface area contributed by atoms with Crippen LogP contribution in [-0.4, -0.2) is 20.2 Å². The summed E-state index contributed by atoms with van der Waals surface area (Å²) in [4.78, 5) is 0. The van der Waals surface area contributed by atoms with Gasteiger partial charge >= 0.3 is 0 Å². The van der Waals surface area contributed by atoms with Gasteiger partial charge < -0.3 is 15.8 Å². The standard InChI is InChI=1S/C16H20N2O/c1-3-8-18-16(11-17)14-5-4-13-10-15(19-2)7-6-12(13)9-14/h3-7,9-10,16,18H,1,8,11,17H2,2H3. The molecule has 0 fully saturated rings. The van der Waals surface area contributed by atoms with Crippen LogP contribution in [0.5, 0.6) is 5.75 Å². The third-order valence-corrected chi connectivity index (χ3v) is 3.22. The maximum atomic E-state index is 5.82. The molecule has 2 aromatic rings. The highest BCUT2D eigenvalue weighted by Crippen LogP contribution is 2.24. The molecule has 0 bridgehead atoms. The monoisotopic (exact) mass is 256 g/mol. The summed E-state index contributed by atoms with van der Waals surface area (Å²) in [6.07, 6.45) is 1.84. The summed E-state index contributed by atoms with van der Waals surface area (Å²) in [6.45, 7) is 5.03. The number of fused-ring (bicyclic) bond motifs is 1. The fourth-order valence-electron chi connectivity index (χ4n) is 2.15. The zero-order valence-corrected chi connectivity index (χ0v) is 11.2. The van der Waals surface area contributed by atoms with Crippen molar-refractivity contribution in [2.75, 3.05) is 20.2 Å². The first-order valence-corrected chi connectivity index (χ1v) is 6.40. The average Bonchev–Trinajstić information content (AvgIpc) is 2.47.